The zero-order chi connectivity index (χ0) is 6.85. The van der Waals surface area contributed by atoms with E-state index in [9.17, 15) is 0 Å². The van der Waals surface area contributed by atoms with Crippen LogP contribution in [0.4, 0.5) is 0 Å². The van der Waals surface area contributed by atoms with Crippen LogP contribution in [0.1, 0.15) is 11.1 Å². The number of benzene rings is 1. The van der Waals surface area contributed by atoms with Gasteiger partial charge in [0.25, 0.3) is 0 Å². The van der Waals surface area contributed by atoms with E-state index in [1.807, 2.05) is 6.07 Å². The van der Waals surface area contributed by atoms with Crippen LogP contribution in [0.3, 0.4) is 0 Å². The van der Waals surface area contributed by atoms with E-state index in [2.05, 4.69) is 41.9 Å². The zero-order valence-corrected chi connectivity index (χ0v) is 11.9. The molecule has 0 N–H and O–H groups in total. The van der Waals surface area contributed by atoms with E-state index in [4.69, 9.17) is 0 Å². The quantitative estimate of drug-likeness (QED) is 0.644. The van der Waals surface area contributed by atoms with Gasteiger partial charge < -0.3 is 0 Å². The monoisotopic (exact) mass is 306 g/mol. The molecule has 1 aromatic rings. The number of aryl methyl sites for hydroxylation is 1. The molecule has 0 bridgehead atoms. The Labute approximate surface area is 87.1 Å². The van der Waals surface area contributed by atoms with E-state index in [1.165, 1.54) is 15.6 Å². The third kappa shape index (κ3) is 2.27. The van der Waals surface area contributed by atoms with Crippen molar-refractivity contribution in [2.24, 2.45) is 0 Å². The summed E-state index contributed by atoms with van der Waals surface area (Å²) in [6.07, 6.45) is 0. The molecule has 0 atom stereocenters. The van der Waals surface area contributed by atoms with E-state index in [0.717, 1.165) is 0 Å². The zero-order valence-electron chi connectivity index (χ0n) is 6.32. The number of halogens is 1. The van der Waals surface area contributed by atoms with E-state index < -0.39 is 0 Å². The van der Waals surface area contributed by atoms with E-state index in [0.29, 0.717) is 0 Å². The Kier molecular flexibility index (Phi) is 4.61. The minimum absolute atomic E-state index is 0. The van der Waals surface area contributed by atoms with Gasteiger partial charge in [-0.05, 0) is 31.0 Å². The van der Waals surface area contributed by atoms with Crippen LogP contribution in [0.15, 0.2) is 22.7 Å². The Morgan fingerprint density at radius 3 is 2.20 bits per heavy atom. The molecule has 1 rings (SSSR count). The Hall–Kier alpha value is 0.499. The summed E-state index contributed by atoms with van der Waals surface area (Å²) in [7, 11) is 0. The fraction of sp³-hybridized carbons (Fsp3) is 0.250. The Bertz CT molecular complexity index is 200. The molecule has 0 saturated carbocycles. The molecule has 0 nitrogen and oxygen atoms in total. The van der Waals surface area contributed by atoms with Crippen molar-refractivity contribution in [2.75, 3.05) is 0 Å². The molecule has 0 unspecified atom stereocenters. The van der Waals surface area contributed by atoms with Crippen molar-refractivity contribution < 1.29 is 0 Å². The summed E-state index contributed by atoms with van der Waals surface area (Å²) >= 11 is 3.45. The van der Waals surface area contributed by atoms with Crippen molar-refractivity contribution in [2.45, 2.75) is 13.8 Å². The summed E-state index contributed by atoms with van der Waals surface area (Å²) in [5.74, 6) is 0. The van der Waals surface area contributed by atoms with Gasteiger partial charge >= 0.3 is 23.9 Å². The fourth-order valence-corrected chi connectivity index (χ4v) is 1.18. The SMILES string of the molecule is Cc1cccc(Br)c1C.[SnH2]. The van der Waals surface area contributed by atoms with Gasteiger partial charge in [-0.1, -0.05) is 28.1 Å². The minimum atomic E-state index is 0. The molecule has 0 fully saturated rings. The van der Waals surface area contributed by atoms with Gasteiger partial charge in [0.05, 0.1) is 0 Å². The first-order valence-corrected chi connectivity index (χ1v) is 3.73. The van der Waals surface area contributed by atoms with Crippen LogP contribution in [0.2, 0.25) is 0 Å². The third-order valence-electron chi connectivity index (χ3n) is 1.54. The summed E-state index contributed by atoms with van der Waals surface area (Å²) in [6.45, 7) is 4.22. The predicted molar refractivity (Wildman–Crippen MR) is 52.2 cm³/mol. The molecule has 54 valence electrons. The standard InChI is InChI=1S/C8H9Br.Sn.2H/c1-6-4-3-5-8(9)7(6)2;;;/h3-5H,1-2H3;;;. The summed E-state index contributed by atoms with van der Waals surface area (Å²) in [6, 6.07) is 6.22. The first-order chi connectivity index (χ1) is 4.22. The topological polar surface area (TPSA) is 0 Å². The van der Waals surface area contributed by atoms with E-state index in [-0.39, 0.29) is 23.9 Å². The first-order valence-electron chi connectivity index (χ1n) is 2.93. The molecule has 0 aliphatic carbocycles. The van der Waals surface area contributed by atoms with Crippen LogP contribution in [0.5, 0.6) is 0 Å². The van der Waals surface area contributed by atoms with Gasteiger partial charge in [-0.15, -0.1) is 0 Å². The van der Waals surface area contributed by atoms with E-state index in [1.54, 1.807) is 0 Å². The first kappa shape index (κ1) is 10.5. The maximum atomic E-state index is 3.45. The van der Waals surface area contributed by atoms with Gasteiger partial charge in [0.2, 0.25) is 0 Å². The van der Waals surface area contributed by atoms with Crippen LogP contribution in [0.25, 0.3) is 0 Å². The molecule has 2 radical (unpaired) electrons. The number of hydrogen-bond donors (Lipinski definition) is 0. The summed E-state index contributed by atoms with van der Waals surface area (Å²) in [5.41, 5.74) is 2.67. The molecule has 0 aliphatic rings. The normalized spacial score (nSPS) is 8.70. The fourth-order valence-electron chi connectivity index (χ4n) is 0.715. The van der Waals surface area contributed by atoms with Gasteiger partial charge in [-0.3, -0.25) is 0 Å². The Morgan fingerprint density at radius 2 is 1.80 bits per heavy atom. The number of hydrogen-bond acceptors (Lipinski definition) is 0. The van der Waals surface area contributed by atoms with Crippen molar-refractivity contribution in [3.8, 4) is 0 Å². The van der Waals surface area contributed by atoms with Crippen LogP contribution in [-0.4, -0.2) is 23.9 Å². The van der Waals surface area contributed by atoms with Crippen LogP contribution >= 0.6 is 15.9 Å². The van der Waals surface area contributed by atoms with Crippen molar-refractivity contribution in [3.63, 3.8) is 0 Å². The molecule has 0 saturated heterocycles. The second-order valence-electron chi connectivity index (χ2n) is 2.18. The summed E-state index contributed by atoms with van der Waals surface area (Å²) < 4.78 is 1.20. The molecular weight excluding hydrogens is 295 g/mol. The molecule has 1 aromatic carbocycles. The Morgan fingerprint density at radius 1 is 1.20 bits per heavy atom. The maximum absolute atomic E-state index is 3.45. The molecule has 0 aromatic heterocycles. The summed E-state index contributed by atoms with van der Waals surface area (Å²) in [5, 5.41) is 0. The molecule has 10 heavy (non-hydrogen) atoms. The molecule has 2 heteroatoms. The average Bonchev–Trinajstić information content (AvgIpc) is 1.83. The van der Waals surface area contributed by atoms with E-state index >= 15 is 0 Å². The second kappa shape index (κ2) is 4.39. The van der Waals surface area contributed by atoms with Gasteiger partial charge in [0.1, 0.15) is 0 Å². The Balaban J connectivity index is 0.000000810. The third-order valence-corrected chi connectivity index (χ3v) is 2.40. The molecule has 0 spiro atoms. The molecular formula is C8H11BrSn. The van der Waals surface area contributed by atoms with Gasteiger partial charge in [0.15, 0.2) is 0 Å². The van der Waals surface area contributed by atoms with Crippen LogP contribution < -0.4 is 0 Å². The molecule has 0 heterocycles. The predicted octanol–water partition coefficient (Wildman–Crippen LogP) is 2.15. The molecule has 0 aliphatic heterocycles. The van der Waals surface area contributed by atoms with Crippen molar-refractivity contribution >= 4 is 39.8 Å². The van der Waals surface area contributed by atoms with Gasteiger partial charge in [-0.25, -0.2) is 0 Å². The van der Waals surface area contributed by atoms with Crippen molar-refractivity contribution in [3.05, 3.63) is 33.8 Å². The van der Waals surface area contributed by atoms with Crippen LogP contribution in [0, 0.1) is 13.8 Å². The van der Waals surface area contributed by atoms with Crippen molar-refractivity contribution in [1.29, 1.82) is 0 Å². The second-order valence-corrected chi connectivity index (χ2v) is 3.04. The number of rotatable bonds is 0. The molecule has 0 amide bonds. The summed E-state index contributed by atoms with van der Waals surface area (Å²) in [4.78, 5) is 0. The van der Waals surface area contributed by atoms with Crippen LogP contribution in [-0.2, 0) is 0 Å². The van der Waals surface area contributed by atoms with Crippen molar-refractivity contribution in [1.82, 2.24) is 0 Å². The average molecular weight is 306 g/mol. The van der Waals surface area contributed by atoms with Gasteiger partial charge in [-0.2, -0.15) is 0 Å². The van der Waals surface area contributed by atoms with Gasteiger partial charge in [0, 0.05) is 4.47 Å².